The summed E-state index contributed by atoms with van der Waals surface area (Å²) in [6.45, 7) is 8.68. The minimum absolute atomic E-state index is 0.144. The Bertz CT molecular complexity index is 1460. The second-order valence-corrected chi connectivity index (χ2v) is 9.80. The third-order valence-corrected chi connectivity index (χ3v) is 7.66. The molecule has 0 unspecified atom stereocenters. The molecule has 5 rings (SSSR count). The molecule has 0 amide bonds. The van der Waals surface area contributed by atoms with E-state index >= 15 is 0 Å². The number of nitrogens with zero attached hydrogens (tertiary/aromatic N) is 3. The molecule has 7 heteroatoms. The molecule has 6 nitrogen and oxygen atoms in total. The van der Waals surface area contributed by atoms with Gasteiger partial charge in [-0.1, -0.05) is 18.2 Å². The van der Waals surface area contributed by atoms with Crippen molar-refractivity contribution in [3.8, 4) is 17.2 Å². The van der Waals surface area contributed by atoms with Gasteiger partial charge in [0.2, 0.25) is 0 Å². The molecule has 190 valence electrons. The van der Waals surface area contributed by atoms with Crippen LogP contribution in [0, 0.1) is 27.7 Å². The maximum Gasteiger partial charge on any atom is 0.174 e. The number of nitrogens with one attached hydrogen (secondary N) is 1. The third kappa shape index (κ3) is 4.23. The average Bonchev–Trinajstić information content (AvgIpc) is 3.40. The number of aromatic nitrogens is 2. The van der Waals surface area contributed by atoms with Gasteiger partial charge < -0.3 is 24.3 Å². The summed E-state index contributed by atoms with van der Waals surface area (Å²) in [6.07, 6.45) is 1.83. The highest BCUT2D eigenvalue weighted by Crippen LogP contribution is 2.47. The van der Waals surface area contributed by atoms with E-state index in [0.29, 0.717) is 10.9 Å². The second kappa shape index (κ2) is 9.90. The van der Waals surface area contributed by atoms with Gasteiger partial charge in [-0.25, -0.2) is 0 Å². The summed E-state index contributed by atoms with van der Waals surface area (Å²) in [5, 5.41) is 4.19. The van der Waals surface area contributed by atoms with E-state index in [9.17, 15) is 0 Å². The second-order valence-electron chi connectivity index (χ2n) is 9.42. The lowest BCUT2D eigenvalue weighted by atomic mass is 9.96. The standard InChI is InChI=1S/C30H32N4O2S/c1-18-10-9-12-25(20(18)3)33-19(2)16-23(21(33)4)29-28(24-11-7-8-15-31-24)32-30(37)34(29)26-14-13-22(35-5)17-27(26)36-6/h7-17,28-29H,1-6H3,(H,32,37)/t28-,29+/m0/s1. The summed E-state index contributed by atoms with van der Waals surface area (Å²) in [5.41, 5.74) is 9.05. The molecular formula is C30H32N4O2S. The lowest BCUT2D eigenvalue weighted by molar-refractivity contribution is 0.394. The van der Waals surface area contributed by atoms with Crippen molar-refractivity contribution in [2.24, 2.45) is 0 Å². The van der Waals surface area contributed by atoms with Crippen molar-refractivity contribution >= 4 is 23.0 Å². The number of aryl methyl sites for hydroxylation is 2. The molecule has 0 aliphatic carbocycles. The first-order valence-corrected chi connectivity index (χ1v) is 12.7. The third-order valence-electron chi connectivity index (χ3n) is 7.35. The van der Waals surface area contributed by atoms with Crippen LogP contribution in [-0.4, -0.2) is 28.9 Å². The molecule has 37 heavy (non-hydrogen) atoms. The predicted octanol–water partition coefficient (Wildman–Crippen LogP) is 6.30. The lowest BCUT2D eigenvalue weighted by Crippen LogP contribution is -2.30. The maximum absolute atomic E-state index is 5.95. The Morgan fingerprint density at radius 2 is 1.70 bits per heavy atom. The van der Waals surface area contributed by atoms with E-state index in [0.717, 1.165) is 17.1 Å². The molecule has 1 saturated heterocycles. The van der Waals surface area contributed by atoms with E-state index in [1.54, 1.807) is 14.2 Å². The zero-order valence-electron chi connectivity index (χ0n) is 22.1. The van der Waals surface area contributed by atoms with Crippen LogP contribution in [-0.2, 0) is 0 Å². The van der Waals surface area contributed by atoms with Crippen LogP contribution in [0.25, 0.3) is 5.69 Å². The Morgan fingerprint density at radius 1 is 0.892 bits per heavy atom. The molecule has 0 radical (unpaired) electrons. The van der Waals surface area contributed by atoms with E-state index in [1.807, 2.05) is 42.6 Å². The number of methoxy groups -OCH3 is 2. The summed E-state index contributed by atoms with van der Waals surface area (Å²) >= 11 is 5.95. The zero-order chi connectivity index (χ0) is 26.3. The van der Waals surface area contributed by atoms with Gasteiger partial charge in [0.15, 0.2) is 5.11 Å². The summed E-state index contributed by atoms with van der Waals surface area (Å²) < 4.78 is 13.6. The molecule has 4 aromatic rings. The first-order chi connectivity index (χ1) is 17.8. The van der Waals surface area contributed by atoms with Gasteiger partial charge in [-0.3, -0.25) is 4.98 Å². The van der Waals surface area contributed by atoms with Gasteiger partial charge in [-0.15, -0.1) is 0 Å². The number of hydrogen-bond acceptors (Lipinski definition) is 4. The fourth-order valence-corrected chi connectivity index (χ4v) is 5.69. The van der Waals surface area contributed by atoms with E-state index in [-0.39, 0.29) is 12.1 Å². The molecule has 2 atom stereocenters. The summed E-state index contributed by atoms with van der Waals surface area (Å²) in [6, 6.07) is 20.3. The van der Waals surface area contributed by atoms with Crippen molar-refractivity contribution < 1.29 is 9.47 Å². The van der Waals surface area contributed by atoms with E-state index in [2.05, 4.69) is 66.7 Å². The number of pyridine rings is 1. The molecule has 2 aromatic heterocycles. The van der Waals surface area contributed by atoms with Gasteiger partial charge >= 0.3 is 0 Å². The maximum atomic E-state index is 5.95. The summed E-state index contributed by atoms with van der Waals surface area (Å²) in [7, 11) is 3.32. The number of rotatable bonds is 6. The minimum atomic E-state index is -0.145. The number of hydrogen-bond donors (Lipinski definition) is 1. The van der Waals surface area contributed by atoms with Crippen LogP contribution in [0.5, 0.6) is 11.5 Å². The van der Waals surface area contributed by atoms with Crippen LogP contribution in [0.3, 0.4) is 0 Å². The van der Waals surface area contributed by atoms with Crippen molar-refractivity contribution in [3.63, 3.8) is 0 Å². The van der Waals surface area contributed by atoms with Crippen LogP contribution in [0.2, 0.25) is 0 Å². The zero-order valence-corrected chi connectivity index (χ0v) is 22.9. The van der Waals surface area contributed by atoms with Crippen molar-refractivity contribution in [1.82, 2.24) is 14.9 Å². The highest BCUT2D eigenvalue weighted by molar-refractivity contribution is 7.80. The Hall–Kier alpha value is -3.84. The molecular weight excluding hydrogens is 480 g/mol. The minimum Gasteiger partial charge on any atom is -0.497 e. The van der Waals surface area contributed by atoms with Crippen molar-refractivity contribution in [2.45, 2.75) is 39.8 Å². The fourth-order valence-electron chi connectivity index (χ4n) is 5.35. The number of ether oxygens (including phenoxy) is 2. The average molecular weight is 513 g/mol. The molecule has 0 saturated carbocycles. The molecule has 1 N–H and O–H groups in total. The van der Waals surface area contributed by atoms with E-state index < -0.39 is 0 Å². The summed E-state index contributed by atoms with van der Waals surface area (Å²) in [5.74, 6) is 1.42. The lowest BCUT2D eigenvalue weighted by Gasteiger charge is -2.29. The van der Waals surface area contributed by atoms with Crippen molar-refractivity contribution in [3.05, 3.63) is 101 Å². The number of benzene rings is 2. The van der Waals surface area contributed by atoms with Crippen molar-refractivity contribution in [1.29, 1.82) is 0 Å². The van der Waals surface area contributed by atoms with Gasteiger partial charge in [0.1, 0.15) is 11.5 Å². The van der Waals surface area contributed by atoms with Crippen LogP contribution in [0.1, 0.15) is 45.9 Å². The van der Waals surface area contributed by atoms with Gasteiger partial charge in [0, 0.05) is 29.3 Å². The van der Waals surface area contributed by atoms with Crippen molar-refractivity contribution in [2.75, 3.05) is 19.1 Å². The van der Waals surface area contributed by atoms with Crippen LogP contribution in [0.4, 0.5) is 5.69 Å². The van der Waals surface area contributed by atoms with Crippen LogP contribution in [0.15, 0.2) is 66.9 Å². The Morgan fingerprint density at radius 3 is 2.41 bits per heavy atom. The topological polar surface area (TPSA) is 51.5 Å². The molecule has 0 spiro atoms. The Kier molecular flexibility index (Phi) is 6.65. The van der Waals surface area contributed by atoms with E-state index in [4.69, 9.17) is 26.7 Å². The SMILES string of the molecule is COc1ccc(N2C(=S)N[C@@H](c3ccccn3)[C@H]2c2cc(C)n(-c3cccc(C)c3C)c2C)c(OC)c1. The summed E-state index contributed by atoms with van der Waals surface area (Å²) in [4.78, 5) is 6.86. The monoisotopic (exact) mass is 512 g/mol. The number of thiocarbonyl (C=S) groups is 1. The molecule has 3 heterocycles. The van der Waals surface area contributed by atoms with E-state index in [1.165, 1.54) is 33.8 Å². The van der Waals surface area contributed by atoms with Gasteiger partial charge in [-0.05, 0) is 93.0 Å². The van der Waals surface area contributed by atoms with Crippen LogP contribution >= 0.6 is 12.2 Å². The molecule has 1 fully saturated rings. The smallest absolute Gasteiger partial charge is 0.174 e. The Balaban J connectivity index is 1.72. The van der Waals surface area contributed by atoms with Gasteiger partial charge in [0.25, 0.3) is 0 Å². The molecule has 1 aliphatic heterocycles. The normalized spacial score (nSPS) is 17.1. The fraction of sp³-hybridized carbons (Fsp3) is 0.267. The molecule has 2 aromatic carbocycles. The number of anilines is 1. The quantitative estimate of drug-likeness (QED) is 0.306. The highest BCUT2D eigenvalue weighted by Gasteiger charge is 2.43. The van der Waals surface area contributed by atoms with Gasteiger partial charge in [0.05, 0.1) is 37.7 Å². The largest absolute Gasteiger partial charge is 0.497 e. The van der Waals surface area contributed by atoms with Gasteiger partial charge in [-0.2, -0.15) is 0 Å². The highest BCUT2D eigenvalue weighted by atomic mass is 32.1. The predicted molar refractivity (Wildman–Crippen MR) is 152 cm³/mol. The van der Waals surface area contributed by atoms with Crippen LogP contribution < -0.4 is 19.7 Å². The first kappa shape index (κ1) is 24.8. The molecule has 1 aliphatic rings. The first-order valence-electron chi connectivity index (χ1n) is 12.3. The molecule has 0 bridgehead atoms. The Labute approximate surface area is 223 Å².